The first-order valence-corrected chi connectivity index (χ1v) is 10.1. The van der Waals surface area contributed by atoms with Gasteiger partial charge in [0.15, 0.2) is 0 Å². The third-order valence-corrected chi connectivity index (χ3v) is 5.50. The van der Waals surface area contributed by atoms with Crippen molar-refractivity contribution in [3.05, 3.63) is 22.4 Å². The number of amides is 1. The number of carbonyl (C=O) groups is 1. The first-order valence-electron chi connectivity index (χ1n) is 7.45. The summed E-state index contributed by atoms with van der Waals surface area (Å²) >= 11 is 1.64. The maximum absolute atomic E-state index is 12.7. The van der Waals surface area contributed by atoms with Crippen LogP contribution in [-0.2, 0) is 15.6 Å². The molecule has 1 fully saturated rings. The smallest absolute Gasteiger partial charge is 0.241 e. The second-order valence-electron chi connectivity index (χ2n) is 5.66. The van der Waals surface area contributed by atoms with E-state index in [1.807, 2.05) is 17.2 Å². The Bertz CT molecular complexity index is 490. The van der Waals surface area contributed by atoms with Crippen molar-refractivity contribution in [3.8, 4) is 0 Å². The van der Waals surface area contributed by atoms with E-state index in [1.54, 1.807) is 17.6 Å². The monoisotopic (exact) mass is 328 g/mol. The third-order valence-electron chi connectivity index (χ3n) is 3.85. The SMILES string of the molecule is CCCCC1NC(c2ccsc2)N(C(C)CS(C)=O)C1=O. The molecule has 6 heteroatoms. The van der Waals surface area contributed by atoms with Crippen molar-refractivity contribution in [1.82, 2.24) is 10.2 Å². The number of hydrogen-bond donors (Lipinski definition) is 1. The second kappa shape index (κ2) is 7.51. The van der Waals surface area contributed by atoms with Crippen LogP contribution in [0, 0.1) is 0 Å². The van der Waals surface area contributed by atoms with Crippen molar-refractivity contribution in [2.75, 3.05) is 12.0 Å². The molecule has 2 heterocycles. The fraction of sp³-hybridized carbons (Fsp3) is 0.667. The molecule has 0 aliphatic carbocycles. The van der Waals surface area contributed by atoms with Gasteiger partial charge in [0.25, 0.3) is 0 Å². The lowest BCUT2D eigenvalue weighted by Gasteiger charge is -2.29. The van der Waals surface area contributed by atoms with Crippen molar-refractivity contribution >= 4 is 28.0 Å². The highest BCUT2D eigenvalue weighted by atomic mass is 32.2. The highest BCUT2D eigenvalue weighted by Crippen LogP contribution is 2.30. The van der Waals surface area contributed by atoms with E-state index in [2.05, 4.69) is 23.7 Å². The van der Waals surface area contributed by atoms with E-state index in [0.29, 0.717) is 5.75 Å². The number of nitrogens with zero attached hydrogens (tertiary/aromatic N) is 1. The Morgan fingerprint density at radius 3 is 2.86 bits per heavy atom. The summed E-state index contributed by atoms with van der Waals surface area (Å²) in [6.45, 7) is 4.12. The average molecular weight is 329 g/mol. The summed E-state index contributed by atoms with van der Waals surface area (Å²) in [5.74, 6) is 0.673. The summed E-state index contributed by atoms with van der Waals surface area (Å²) in [4.78, 5) is 14.6. The highest BCUT2D eigenvalue weighted by Gasteiger charge is 2.41. The zero-order valence-corrected chi connectivity index (χ0v) is 14.5. The van der Waals surface area contributed by atoms with Crippen LogP contribution in [-0.4, -0.2) is 39.1 Å². The molecule has 4 nitrogen and oxygen atoms in total. The highest BCUT2D eigenvalue weighted by molar-refractivity contribution is 7.84. The second-order valence-corrected chi connectivity index (χ2v) is 7.91. The lowest BCUT2D eigenvalue weighted by atomic mass is 10.1. The Hall–Kier alpha value is -0.720. The van der Waals surface area contributed by atoms with Crippen LogP contribution in [0.2, 0.25) is 0 Å². The first kappa shape index (κ1) is 16.6. The Kier molecular flexibility index (Phi) is 5.96. The van der Waals surface area contributed by atoms with Gasteiger partial charge in [0.05, 0.1) is 6.04 Å². The molecule has 0 saturated carbocycles. The standard InChI is InChI=1S/C15H24N2O2S2/c1-4-5-6-13-15(18)17(11(2)10-21(3)19)14(16-13)12-7-8-20-9-12/h7-9,11,13-14,16H,4-6,10H2,1-3H3. The predicted molar refractivity (Wildman–Crippen MR) is 88.8 cm³/mol. The van der Waals surface area contributed by atoms with Gasteiger partial charge in [-0.15, -0.1) is 0 Å². The minimum absolute atomic E-state index is 0.0210. The third kappa shape index (κ3) is 3.93. The van der Waals surface area contributed by atoms with Gasteiger partial charge in [-0.2, -0.15) is 11.3 Å². The summed E-state index contributed by atoms with van der Waals surface area (Å²) in [6.07, 6.45) is 4.61. The van der Waals surface area contributed by atoms with E-state index in [1.165, 1.54) is 0 Å². The van der Waals surface area contributed by atoms with Crippen LogP contribution in [0.25, 0.3) is 0 Å². The van der Waals surface area contributed by atoms with Gasteiger partial charge in [-0.05, 0) is 35.7 Å². The average Bonchev–Trinajstić information content (AvgIpc) is 3.03. The molecule has 1 saturated heterocycles. The first-order chi connectivity index (χ1) is 10.0. The van der Waals surface area contributed by atoms with Crippen molar-refractivity contribution in [3.63, 3.8) is 0 Å². The van der Waals surface area contributed by atoms with Crippen LogP contribution in [0.3, 0.4) is 0 Å². The Morgan fingerprint density at radius 1 is 1.52 bits per heavy atom. The lowest BCUT2D eigenvalue weighted by Crippen LogP contribution is -2.41. The maximum Gasteiger partial charge on any atom is 0.241 e. The normalized spacial score (nSPS) is 25.3. The van der Waals surface area contributed by atoms with Gasteiger partial charge in [0.2, 0.25) is 5.91 Å². The molecule has 4 unspecified atom stereocenters. The van der Waals surface area contributed by atoms with Crippen molar-refractivity contribution in [2.24, 2.45) is 0 Å². The minimum atomic E-state index is -0.904. The molecule has 1 aromatic heterocycles. The van der Waals surface area contributed by atoms with Crippen molar-refractivity contribution in [2.45, 2.75) is 51.4 Å². The molecule has 4 atom stereocenters. The molecule has 1 N–H and O–H groups in total. The van der Waals surface area contributed by atoms with Crippen LogP contribution in [0.4, 0.5) is 0 Å². The summed E-state index contributed by atoms with van der Waals surface area (Å²) in [7, 11) is -0.904. The predicted octanol–water partition coefficient (Wildman–Crippen LogP) is 2.50. The number of thiophene rings is 1. The molecular weight excluding hydrogens is 304 g/mol. The fourth-order valence-corrected chi connectivity index (χ4v) is 4.36. The summed E-state index contributed by atoms with van der Waals surface area (Å²) in [6, 6.07) is 1.93. The van der Waals surface area contributed by atoms with E-state index < -0.39 is 10.8 Å². The van der Waals surface area contributed by atoms with E-state index in [4.69, 9.17) is 0 Å². The Balaban J connectivity index is 2.19. The van der Waals surface area contributed by atoms with E-state index >= 15 is 0 Å². The molecular formula is C15H24N2O2S2. The lowest BCUT2D eigenvalue weighted by molar-refractivity contribution is -0.131. The number of unbranched alkanes of at least 4 members (excludes halogenated alkanes) is 1. The maximum atomic E-state index is 12.7. The summed E-state index contributed by atoms with van der Waals surface area (Å²) in [5.41, 5.74) is 1.13. The van der Waals surface area contributed by atoms with Gasteiger partial charge in [-0.3, -0.25) is 14.3 Å². The van der Waals surface area contributed by atoms with Crippen LogP contribution in [0.15, 0.2) is 16.8 Å². The van der Waals surface area contributed by atoms with Crippen LogP contribution in [0.1, 0.15) is 44.8 Å². The minimum Gasteiger partial charge on any atom is -0.318 e. The van der Waals surface area contributed by atoms with Crippen molar-refractivity contribution in [1.29, 1.82) is 0 Å². The van der Waals surface area contributed by atoms with Gasteiger partial charge >= 0.3 is 0 Å². The number of rotatable bonds is 7. The van der Waals surface area contributed by atoms with Crippen LogP contribution < -0.4 is 5.32 Å². The number of hydrogen-bond acceptors (Lipinski definition) is 4. The Morgan fingerprint density at radius 2 is 2.29 bits per heavy atom. The topological polar surface area (TPSA) is 49.4 Å². The molecule has 1 amide bonds. The molecule has 118 valence electrons. The van der Waals surface area contributed by atoms with Crippen LogP contribution >= 0.6 is 11.3 Å². The van der Waals surface area contributed by atoms with Gasteiger partial charge in [-0.25, -0.2) is 0 Å². The molecule has 0 bridgehead atoms. The molecule has 1 aliphatic rings. The fourth-order valence-electron chi connectivity index (χ4n) is 2.84. The van der Waals surface area contributed by atoms with Gasteiger partial charge in [0, 0.05) is 28.9 Å². The molecule has 0 radical (unpaired) electrons. The van der Waals surface area contributed by atoms with Gasteiger partial charge < -0.3 is 4.90 Å². The summed E-state index contributed by atoms with van der Waals surface area (Å²) in [5, 5.41) is 7.57. The van der Waals surface area contributed by atoms with Gasteiger partial charge in [0.1, 0.15) is 6.17 Å². The van der Waals surface area contributed by atoms with E-state index in [-0.39, 0.29) is 24.2 Å². The van der Waals surface area contributed by atoms with E-state index in [9.17, 15) is 9.00 Å². The molecule has 0 spiro atoms. The number of nitrogens with one attached hydrogen (secondary N) is 1. The van der Waals surface area contributed by atoms with E-state index in [0.717, 1.165) is 24.8 Å². The van der Waals surface area contributed by atoms with Crippen LogP contribution in [0.5, 0.6) is 0 Å². The van der Waals surface area contributed by atoms with Crippen molar-refractivity contribution < 1.29 is 9.00 Å². The zero-order valence-electron chi connectivity index (χ0n) is 12.9. The Labute approximate surface area is 133 Å². The summed E-state index contributed by atoms with van der Waals surface area (Å²) < 4.78 is 11.5. The molecule has 0 aromatic carbocycles. The quantitative estimate of drug-likeness (QED) is 0.837. The molecule has 21 heavy (non-hydrogen) atoms. The molecule has 1 aromatic rings. The number of carbonyl (C=O) groups excluding carboxylic acids is 1. The molecule has 1 aliphatic heterocycles. The zero-order chi connectivity index (χ0) is 15.4. The largest absolute Gasteiger partial charge is 0.318 e. The molecule has 2 rings (SSSR count). The van der Waals surface area contributed by atoms with Gasteiger partial charge in [-0.1, -0.05) is 19.8 Å².